The number of pyridine rings is 1. The molecule has 1 aliphatic rings. The van der Waals surface area contributed by atoms with Crippen LogP contribution in [-0.2, 0) is 0 Å². The Bertz CT molecular complexity index is 357. The van der Waals surface area contributed by atoms with E-state index in [1.54, 1.807) is 0 Å². The molecule has 0 unspecified atom stereocenters. The lowest BCUT2D eigenvalue weighted by atomic mass is 9.87. The number of rotatable bonds is 2. The first kappa shape index (κ1) is 11.5. The Morgan fingerprint density at radius 1 is 1.25 bits per heavy atom. The molecule has 1 nitrogen and oxygen atoms in total. The van der Waals surface area contributed by atoms with Crippen LogP contribution in [0.25, 0.3) is 0 Å². The molecule has 1 aliphatic carbocycles. The summed E-state index contributed by atoms with van der Waals surface area (Å²) in [6, 6.07) is 5.93. The molecular weight excluding hydrogens is 214 g/mol. The van der Waals surface area contributed by atoms with Gasteiger partial charge >= 0.3 is 0 Å². The summed E-state index contributed by atoms with van der Waals surface area (Å²) in [5.74, 6) is 4.13. The molecule has 0 aliphatic heterocycles. The van der Waals surface area contributed by atoms with Crippen molar-refractivity contribution in [3.8, 4) is 11.2 Å². The molecule has 1 aromatic rings. The third-order valence-corrected chi connectivity index (χ3v) is 3.68. The van der Waals surface area contributed by atoms with Crippen molar-refractivity contribution in [3.63, 3.8) is 0 Å². The predicted octanol–water partition coefficient (Wildman–Crippen LogP) is 4.11. The Balaban J connectivity index is 1.73. The highest BCUT2D eigenvalue weighted by Crippen LogP contribution is 2.25. The van der Waals surface area contributed by atoms with Crippen LogP contribution in [0.2, 0.25) is 0 Å². The molecule has 0 bridgehead atoms. The summed E-state index contributed by atoms with van der Waals surface area (Å²) in [7, 11) is 0. The summed E-state index contributed by atoms with van der Waals surface area (Å²) < 4.78 is 0. The fourth-order valence-electron chi connectivity index (χ4n) is 2.07. The number of hydrogen-bond donors (Lipinski definition) is 0. The fourth-order valence-corrected chi connectivity index (χ4v) is 2.59. The summed E-state index contributed by atoms with van der Waals surface area (Å²) in [6.45, 7) is 0. The van der Waals surface area contributed by atoms with E-state index in [-0.39, 0.29) is 0 Å². The van der Waals surface area contributed by atoms with E-state index >= 15 is 0 Å². The highest BCUT2D eigenvalue weighted by Gasteiger charge is 2.11. The minimum Gasteiger partial charge on any atom is -0.249 e. The predicted molar refractivity (Wildman–Crippen MR) is 69.1 cm³/mol. The second-order valence-corrected chi connectivity index (χ2v) is 5.08. The molecule has 0 amide bonds. The number of hydrogen-bond acceptors (Lipinski definition) is 2. The van der Waals surface area contributed by atoms with Gasteiger partial charge in [-0.2, -0.15) is 0 Å². The topological polar surface area (TPSA) is 12.9 Å². The Labute approximate surface area is 102 Å². The summed E-state index contributed by atoms with van der Waals surface area (Å²) in [5.41, 5.74) is 0. The van der Waals surface area contributed by atoms with Gasteiger partial charge in [0.15, 0.2) is 0 Å². The lowest BCUT2D eigenvalue weighted by molar-refractivity contribution is 0.365. The highest BCUT2D eigenvalue weighted by atomic mass is 32.2. The zero-order chi connectivity index (χ0) is 11.1. The van der Waals surface area contributed by atoms with E-state index in [4.69, 9.17) is 0 Å². The monoisotopic (exact) mass is 231 g/mol. The fraction of sp³-hybridized carbons (Fsp3) is 0.500. The SMILES string of the molecule is C(#CSc1ccccn1)CC1CCCCC1. The first-order chi connectivity index (χ1) is 7.95. The van der Waals surface area contributed by atoms with Crippen LogP contribution in [0.1, 0.15) is 38.5 Å². The molecule has 84 valence electrons. The van der Waals surface area contributed by atoms with Gasteiger partial charge in [0.25, 0.3) is 0 Å². The van der Waals surface area contributed by atoms with Gasteiger partial charge in [0.05, 0.1) is 0 Å². The lowest BCUT2D eigenvalue weighted by Gasteiger charge is -2.18. The Morgan fingerprint density at radius 2 is 2.12 bits per heavy atom. The largest absolute Gasteiger partial charge is 0.249 e. The molecule has 2 rings (SSSR count). The number of aromatic nitrogens is 1. The van der Waals surface area contributed by atoms with Gasteiger partial charge < -0.3 is 0 Å². The van der Waals surface area contributed by atoms with Crippen LogP contribution in [0.5, 0.6) is 0 Å². The third-order valence-electron chi connectivity index (χ3n) is 2.98. The maximum atomic E-state index is 4.22. The van der Waals surface area contributed by atoms with Crippen LogP contribution in [0.3, 0.4) is 0 Å². The van der Waals surface area contributed by atoms with Crippen LogP contribution in [-0.4, -0.2) is 4.98 Å². The van der Waals surface area contributed by atoms with Crippen molar-refractivity contribution < 1.29 is 0 Å². The zero-order valence-corrected chi connectivity index (χ0v) is 10.3. The molecule has 0 saturated heterocycles. The van der Waals surface area contributed by atoms with Gasteiger partial charge in [-0.25, -0.2) is 4.98 Å². The molecule has 16 heavy (non-hydrogen) atoms. The summed E-state index contributed by atoms with van der Waals surface area (Å²) >= 11 is 1.54. The van der Waals surface area contributed by atoms with E-state index in [0.717, 1.165) is 17.4 Å². The lowest BCUT2D eigenvalue weighted by Crippen LogP contribution is -2.04. The van der Waals surface area contributed by atoms with Crippen molar-refractivity contribution in [2.24, 2.45) is 5.92 Å². The van der Waals surface area contributed by atoms with Crippen molar-refractivity contribution >= 4 is 11.8 Å². The maximum Gasteiger partial charge on any atom is 0.108 e. The smallest absolute Gasteiger partial charge is 0.108 e. The first-order valence-corrected chi connectivity index (χ1v) is 6.82. The first-order valence-electron chi connectivity index (χ1n) is 6.01. The van der Waals surface area contributed by atoms with Gasteiger partial charge in [0.2, 0.25) is 0 Å². The van der Waals surface area contributed by atoms with E-state index in [9.17, 15) is 0 Å². The minimum atomic E-state index is 0.852. The molecule has 1 aromatic heterocycles. The van der Waals surface area contributed by atoms with Crippen LogP contribution in [0.15, 0.2) is 29.4 Å². The highest BCUT2D eigenvalue weighted by molar-refractivity contribution is 8.03. The molecule has 1 fully saturated rings. The molecule has 0 N–H and O–H groups in total. The van der Waals surface area contributed by atoms with Gasteiger partial charge in [0, 0.05) is 12.6 Å². The average molecular weight is 231 g/mol. The Morgan fingerprint density at radius 3 is 2.88 bits per heavy atom. The van der Waals surface area contributed by atoms with Gasteiger partial charge in [-0.1, -0.05) is 31.2 Å². The molecule has 0 atom stereocenters. The van der Waals surface area contributed by atoms with Crippen LogP contribution in [0, 0.1) is 17.1 Å². The second-order valence-electron chi connectivity index (χ2n) is 4.26. The molecule has 1 heterocycles. The molecule has 2 heteroatoms. The number of nitrogens with zero attached hydrogens (tertiary/aromatic N) is 1. The van der Waals surface area contributed by atoms with E-state index in [1.807, 2.05) is 24.4 Å². The van der Waals surface area contributed by atoms with Crippen molar-refractivity contribution in [2.75, 3.05) is 0 Å². The summed E-state index contributed by atoms with van der Waals surface area (Å²) in [5, 5.41) is 4.15. The molecule has 0 aromatic carbocycles. The maximum absolute atomic E-state index is 4.22. The van der Waals surface area contributed by atoms with Crippen LogP contribution < -0.4 is 0 Å². The van der Waals surface area contributed by atoms with Crippen molar-refractivity contribution in [1.29, 1.82) is 0 Å². The normalized spacial score (nSPS) is 16.5. The van der Waals surface area contributed by atoms with Gasteiger partial charge in [-0.3, -0.25) is 0 Å². The number of thioether (sulfide) groups is 1. The summed E-state index contributed by atoms with van der Waals surface area (Å²) in [4.78, 5) is 4.22. The van der Waals surface area contributed by atoms with Gasteiger partial charge in [-0.15, -0.1) is 0 Å². The van der Waals surface area contributed by atoms with Crippen molar-refractivity contribution in [2.45, 2.75) is 43.6 Å². The van der Waals surface area contributed by atoms with Gasteiger partial charge in [0.1, 0.15) is 5.03 Å². The second kappa shape index (κ2) is 6.60. The minimum absolute atomic E-state index is 0.852. The van der Waals surface area contributed by atoms with Crippen LogP contribution in [0.4, 0.5) is 0 Å². The van der Waals surface area contributed by atoms with E-state index in [1.165, 1.54) is 43.9 Å². The average Bonchev–Trinajstić information content (AvgIpc) is 2.37. The molecule has 1 saturated carbocycles. The Hall–Kier alpha value is -0.940. The standard InChI is InChI=1S/C14H17NS/c1-2-7-13(8-3-1)9-6-12-16-14-10-4-5-11-15-14/h4-5,10-11,13H,1-3,7-9H2. The van der Waals surface area contributed by atoms with Crippen molar-refractivity contribution in [1.82, 2.24) is 4.98 Å². The van der Waals surface area contributed by atoms with E-state index in [0.29, 0.717) is 0 Å². The van der Waals surface area contributed by atoms with Gasteiger partial charge in [-0.05, 0) is 47.9 Å². The van der Waals surface area contributed by atoms with Crippen molar-refractivity contribution in [3.05, 3.63) is 24.4 Å². The molecular formula is C14H17NS. The van der Waals surface area contributed by atoms with Crippen LogP contribution >= 0.6 is 11.8 Å². The summed E-state index contributed by atoms with van der Waals surface area (Å²) in [6.07, 6.45) is 9.86. The van der Waals surface area contributed by atoms with E-state index < -0.39 is 0 Å². The Kier molecular flexibility index (Phi) is 4.76. The third kappa shape index (κ3) is 3.90. The zero-order valence-electron chi connectivity index (χ0n) is 9.48. The quantitative estimate of drug-likeness (QED) is 0.561. The molecule has 0 spiro atoms. The molecule has 0 radical (unpaired) electrons. The van der Waals surface area contributed by atoms with E-state index in [2.05, 4.69) is 16.2 Å².